The lowest BCUT2D eigenvalue weighted by Crippen LogP contribution is -2.41. The van der Waals surface area contributed by atoms with Crippen LogP contribution >= 0.6 is 0 Å². The first-order valence-corrected chi connectivity index (χ1v) is 7.38. The first-order valence-electron chi connectivity index (χ1n) is 7.38. The number of aromatic hydroxyl groups is 1. The van der Waals surface area contributed by atoms with Gasteiger partial charge in [0, 0.05) is 31.0 Å². The van der Waals surface area contributed by atoms with Crippen molar-refractivity contribution in [2.24, 2.45) is 9.98 Å². The lowest BCUT2D eigenvalue weighted by molar-refractivity contribution is 0.109. The zero-order chi connectivity index (χ0) is 15.2. The summed E-state index contributed by atoms with van der Waals surface area (Å²) in [6.45, 7) is 2.55. The van der Waals surface area contributed by atoms with Crippen molar-refractivity contribution in [1.82, 2.24) is 0 Å². The monoisotopic (exact) mass is 292 g/mol. The molecular weight excluding hydrogens is 276 g/mol. The molecule has 0 radical (unpaired) electrons. The molecular formula is C18H16N2O2. The van der Waals surface area contributed by atoms with Gasteiger partial charge in [-0.25, -0.2) is 4.99 Å². The number of nitrogens with zero attached hydrogens (tertiary/aromatic N) is 2. The van der Waals surface area contributed by atoms with Crippen LogP contribution in [0, 0.1) is 0 Å². The Labute approximate surface area is 128 Å². The van der Waals surface area contributed by atoms with Crippen LogP contribution in [0.2, 0.25) is 0 Å². The van der Waals surface area contributed by atoms with Crippen LogP contribution in [0.1, 0.15) is 24.5 Å². The van der Waals surface area contributed by atoms with E-state index in [1.165, 1.54) is 0 Å². The van der Waals surface area contributed by atoms with Crippen molar-refractivity contribution >= 4 is 17.3 Å². The molecule has 0 fully saturated rings. The maximum Gasteiger partial charge on any atom is 0.182 e. The first-order chi connectivity index (χ1) is 10.7. The van der Waals surface area contributed by atoms with E-state index in [1.54, 1.807) is 6.07 Å². The van der Waals surface area contributed by atoms with E-state index >= 15 is 0 Å². The quantitative estimate of drug-likeness (QED) is 0.873. The third kappa shape index (κ3) is 1.77. The number of aliphatic imine (C=N–C) groups is 2. The summed E-state index contributed by atoms with van der Waals surface area (Å²) in [6.07, 6.45) is 0.717. The number of benzene rings is 2. The van der Waals surface area contributed by atoms with Crippen LogP contribution in [0.5, 0.6) is 5.75 Å². The van der Waals surface area contributed by atoms with Crippen LogP contribution < -0.4 is 0 Å². The normalized spacial score (nSPS) is 22.8. The topological polar surface area (TPSA) is 54.2 Å². The van der Waals surface area contributed by atoms with Crippen LogP contribution in [0.15, 0.2) is 58.5 Å². The van der Waals surface area contributed by atoms with Crippen LogP contribution in [0.25, 0.3) is 0 Å². The molecule has 1 unspecified atom stereocenters. The maximum atomic E-state index is 10.3. The van der Waals surface area contributed by atoms with Crippen LogP contribution in [-0.4, -0.2) is 23.3 Å². The van der Waals surface area contributed by atoms with Crippen molar-refractivity contribution in [1.29, 1.82) is 0 Å². The van der Waals surface area contributed by atoms with Gasteiger partial charge in [-0.05, 0) is 18.2 Å². The van der Waals surface area contributed by atoms with Crippen molar-refractivity contribution in [2.45, 2.75) is 18.9 Å². The predicted molar refractivity (Wildman–Crippen MR) is 86.1 cm³/mol. The number of rotatable bonds is 1. The zero-order valence-corrected chi connectivity index (χ0v) is 12.3. The minimum Gasteiger partial charge on any atom is -0.507 e. The Morgan fingerprint density at radius 3 is 2.68 bits per heavy atom. The highest BCUT2D eigenvalue weighted by Crippen LogP contribution is 2.47. The Balaban J connectivity index is 1.95. The lowest BCUT2D eigenvalue weighted by atomic mass is 9.83. The summed E-state index contributed by atoms with van der Waals surface area (Å²) in [5.74, 6) is 0.878. The van der Waals surface area contributed by atoms with E-state index in [2.05, 4.69) is 4.99 Å². The molecule has 0 bridgehead atoms. The number of phenolic OH excluding ortho intramolecular Hbond substituents is 1. The molecule has 1 spiro atoms. The fraction of sp³-hybridized carbons (Fsp3) is 0.222. The van der Waals surface area contributed by atoms with Gasteiger partial charge < -0.3 is 9.84 Å². The summed E-state index contributed by atoms with van der Waals surface area (Å²) in [7, 11) is 0. The molecule has 0 saturated carbocycles. The van der Waals surface area contributed by atoms with Gasteiger partial charge in [0.2, 0.25) is 0 Å². The van der Waals surface area contributed by atoms with E-state index < -0.39 is 5.60 Å². The average Bonchev–Trinajstić information content (AvgIpc) is 2.82. The van der Waals surface area contributed by atoms with Gasteiger partial charge in [-0.3, -0.25) is 4.99 Å². The van der Waals surface area contributed by atoms with Gasteiger partial charge >= 0.3 is 0 Å². The number of phenols is 1. The largest absolute Gasteiger partial charge is 0.507 e. The number of ether oxygens (including phenoxy) is 1. The minimum atomic E-state index is -0.652. The molecule has 110 valence electrons. The molecule has 1 N–H and O–H groups in total. The molecule has 4 rings (SSSR count). The summed E-state index contributed by atoms with van der Waals surface area (Å²) in [5.41, 5.74) is 2.77. The Kier molecular flexibility index (Phi) is 2.79. The highest BCUT2D eigenvalue weighted by atomic mass is 16.5. The van der Waals surface area contributed by atoms with Crippen LogP contribution in [0.3, 0.4) is 0 Å². The second-order valence-electron chi connectivity index (χ2n) is 5.57. The maximum absolute atomic E-state index is 10.3. The van der Waals surface area contributed by atoms with Crippen molar-refractivity contribution in [3.63, 3.8) is 0 Å². The van der Waals surface area contributed by atoms with Crippen molar-refractivity contribution in [2.75, 3.05) is 6.54 Å². The average molecular weight is 292 g/mol. The number of para-hydroxylation sites is 2. The molecule has 4 nitrogen and oxygen atoms in total. The number of hydrogen-bond acceptors (Lipinski definition) is 4. The smallest absolute Gasteiger partial charge is 0.182 e. The molecule has 2 aromatic rings. The number of hydrogen-bond donors (Lipinski definition) is 1. The molecule has 22 heavy (non-hydrogen) atoms. The van der Waals surface area contributed by atoms with E-state index in [4.69, 9.17) is 9.73 Å². The third-order valence-electron chi connectivity index (χ3n) is 4.23. The summed E-state index contributed by atoms with van der Waals surface area (Å²) in [5, 5.41) is 10.3. The standard InChI is InChI=1S/C18H16N2O2/c1-12-19-11-10-18(22-12)14-7-3-4-8-15(14)20-17(18)13-6-2-5-9-16(13)21/h2-9,21H,10-11H2,1H3. The molecule has 2 heterocycles. The second-order valence-corrected chi connectivity index (χ2v) is 5.57. The predicted octanol–water partition coefficient (Wildman–Crippen LogP) is 3.56. The lowest BCUT2D eigenvalue weighted by Gasteiger charge is -2.35. The molecule has 0 aliphatic carbocycles. The Bertz CT molecular complexity index is 810. The van der Waals surface area contributed by atoms with Gasteiger partial charge in [-0.15, -0.1) is 0 Å². The minimum absolute atomic E-state index is 0.220. The molecule has 0 aromatic heterocycles. The molecule has 0 amide bonds. The highest BCUT2D eigenvalue weighted by Gasteiger charge is 2.48. The van der Waals surface area contributed by atoms with Crippen LogP contribution in [-0.2, 0) is 10.3 Å². The molecule has 2 aromatic carbocycles. The molecule has 0 saturated heterocycles. The van der Waals surface area contributed by atoms with Crippen molar-refractivity contribution in [3.8, 4) is 5.75 Å². The van der Waals surface area contributed by atoms with Gasteiger partial charge in [0.1, 0.15) is 11.5 Å². The fourth-order valence-corrected chi connectivity index (χ4v) is 3.27. The van der Waals surface area contributed by atoms with Gasteiger partial charge in [0.15, 0.2) is 11.5 Å². The van der Waals surface area contributed by atoms with E-state index in [0.717, 1.165) is 17.0 Å². The van der Waals surface area contributed by atoms with Gasteiger partial charge in [-0.2, -0.15) is 0 Å². The van der Waals surface area contributed by atoms with E-state index in [9.17, 15) is 5.11 Å². The highest BCUT2D eigenvalue weighted by molar-refractivity contribution is 6.14. The second kappa shape index (κ2) is 4.70. The molecule has 2 aliphatic rings. The van der Waals surface area contributed by atoms with E-state index in [1.807, 2.05) is 49.4 Å². The summed E-state index contributed by atoms with van der Waals surface area (Å²) in [4.78, 5) is 9.12. The SMILES string of the molecule is CC1=NCCC2(O1)C(c1ccccc1O)=Nc1ccccc12. The Morgan fingerprint density at radius 2 is 1.86 bits per heavy atom. The summed E-state index contributed by atoms with van der Waals surface area (Å²) < 4.78 is 6.19. The van der Waals surface area contributed by atoms with Gasteiger partial charge in [-0.1, -0.05) is 30.3 Å². The van der Waals surface area contributed by atoms with Crippen molar-refractivity contribution < 1.29 is 9.84 Å². The number of fused-ring (bicyclic) bond motifs is 2. The first kappa shape index (κ1) is 13.1. The van der Waals surface area contributed by atoms with E-state index in [-0.39, 0.29) is 5.75 Å². The Morgan fingerprint density at radius 1 is 1.09 bits per heavy atom. The van der Waals surface area contributed by atoms with Gasteiger partial charge in [0.05, 0.1) is 5.69 Å². The third-order valence-corrected chi connectivity index (χ3v) is 4.23. The van der Waals surface area contributed by atoms with Crippen LogP contribution in [0.4, 0.5) is 5.69 Å². The molecule has 2 aliphatic heterocycles. The van der Waals surface area contributed by atoms with E-state index in [0.29, 0.717) is 24.4 Å². The summed E-state index contributed by atoms with van der Waals surface area (Å²) in [6, 6.07) is 15.3. The van der Waals surface area contributed by atoms with Crippen molar-refractivity contribution in [3.05, 3.63) is 59.7 Å². The molecule has 1 atom stereocenters. The zero-order valence-electron chi connectivity index (χ0n) is 12.3. The fourth-order valence-electron chi connectivity index (χ4n) is 3.27. The summed E-state index contributed by atoms with van der Waals surface area (Å²) >= 11 is 0. The Hall–Kier alpha value is -2.62. The van der Waals surface area contributed by atoms with Gasteiger partial charge in [0.25, 0.3) is 0 Å². The molecule has 4 heteroatoms.